The third-order valence-electron chi connectivity index (χ3n) is 1.64. The summed E-state index contributed by atoms with van der Waals surface area (Å²) in [6.45, 7) is 3.53. The maximum atomic E-state index is 11.5. The number of hydrogen-bond acceptors (Lipinski definition) is 5. The van der Waals surface area contributed by atoms with Crippen LogP contribution in [0.5, 0.6) is 0 Å². The molecule has 0 radical (unpaired) electrons. The molecule has 1 amide bonds. The zero-order valence-corrected chi connectivity index (χ0v) is 8.76. The van der Waals surface area contributed by atoms with Crippen LogP contribution in [-0.4, -0.2) is 21.5 Å². The molecule has 0 aliphatic rings. The lowest BCUT2D eigenvalue weighted by Gasteiger charge is -2.04. The van der Waals surface area contributed by atoms with E-state index in [4.69, 9.17) is 5.26 Å². The second-order valence-electron chi connectivity index (χ2n) is 2.73. The highest BCUT2D eigenvalue weighted by atomic mass is 32.1. The summed E-state index contributed by atoms with van der Waals surface area (Å²) < 4.78 is 3.70. The SMILES string of the molecule is CCc1nnsc1C(=O)NC(C)C#N. The van der Waals surface area contributed by atoms with E-state index in [1.54, 1.807) is 6.92 Å². The van der Waals surface area contributed by atoms with Crippen molar-refractivity contribution in [2.24, 2.45) is 0 Å². The smallest absolute Gasteiger partial charge is 0.265 e. The van der Waals surface area contributed by atoms with E-state index in [9.17, 15) is 4.79 Å². The summed E-state index contributed by atoms with van der Waals surface area (Å²) in [5, 5.41) is 14.9. The summed E-state index contributed by atoms with van der Waals surface area (Å²) in [5.74, 6) is -0.272. The number of rotatable bonds is 3. The minimum Gasteiger partial charge on any atom is -0.336 e. The van der Waals surface area contributed by atoms with Gasteiger partial charge >= 0.3 is 0 Å². The van der Waals surface area contributed by atoms with Gasteiger partial charge in [-0.15, -0.1) is 5.10 Å². The summed E-state index contributed by atoms with van der Waals surface area (Å²) in [6, 6.07) is 1.44. The maximum absolute atomic E-state index is 11.5. The molecule has 0 saturated carbocycles. The molecule has 0 fully saturated rings. The summed E-state index contributed by atoms with van der Waals surface area (Å²) in [7, 11) is 0. The zero-order chi connectivity index (χ0) is 10.6. The van der Waals surface area contributed by atoms with Crippen LogP contribution in [0.1, 0.15) is 29.2 Å². The molecule has 0 saturated heterocycles. The number of aromatic nitrogens is 2. The van der Waals surface area contributed by atoms with Crippen molar-refractivity contribution in [1.29, 1.82) is 5.26 Å². The second-order valence-corrected chi connectivity index (χ2v) is 3.48. The monoisotopic (exact) mass is 210 g/mol. The Morgan fingerprint density at radius 3 is 3.07 bits per heavy atom. The number of carbonyl (C=O) groups is 1. The minimum atomic E-state index is -0.491. The molecule has 1 atom stereocenters. The predicted molar refractivity (Wildman–Crippen MR) is 51.8 cm³/mol. The molecule has 1 heterocycles. The van der Waals surface area contributed by atoms with E-state index in [1.807, 2.05) is 13.0 Å². The molecule has 0 aliphatic heterocycles. The molecule has 0 spiro atoms. The maximum Gasteiger partial charge on any atom is 0.265 e. The van der Waals surface area contributed by atoms with Crippen LogP contribution in [0, 0.1) is 11.3 Å². The van der Waals surface area contributed by atoms with E-state index >= 15 is 0 Å². The van der Waals surface area contributed by atoms with Gasteiger partial charge in [0.25, 0.3) is 5.91 Å². The number of hydrogen-bond donors (Lipinski definition) is 1. The van der Waals surface area contributed by atoms with Gasteiger partial charge in [-0.2, -0.15) is 5.26 Å². The van der Waals surface area contributed by atoms with Crippen molar-refractivity contribution in [3.05, 3.63) is 10.6 Å². The number of carbonyl (C=O) groups excluding carboxylic acids is 1. The van der Waals surface area contributed by atoms with Gasteiger partial charge in [0, 0.05) is 0 Å². The molecule has 5 nitrogen and oxygen atoms in total. The van der Waals surface area contributed by atoms with E-state index in [0.29, 0.717) is 17.0 Å². The van der Waals surface area contributed by atoms with Crippen molar-refractivity contribution in [2.75, 3.05) is 0 Å². The Kier molecular flexibility index (Phi) is 3.54. The lowest BCUT2D eigenvalue weighted by molar-refractivity contribution is 0.0951. The Bertz CT molecular complexity index is 368. The first-order valence-corrected chi connectivity index (χ1v) is 4.98. The second kappa shape index (κ2) is 4.67. The van der Waals surface area contributed by atoms with Crippen LogP contribution >= 0.6 is 11.5 Å². The Labute approximate surface area is 85.9 Å². The van der Waals surface area contributed by atoms with Gasteiger partial charge in [-0.25, -0.2) is 0 Å². The van der Waals surface area contributed by atoms with Gasteiger partial charge in [-0.3, -0.25) is 4.79 Å². The summed E-state index contributed by atoms with van der Waals surface area (Å²) in [6.07, 6.45) is 0.667. The van der Waals surface area contributed by atoms with E-state index < -0.39 is 6.04 Å². The quantitative estimate of drug-likeness (QED) is 0.798. The molecule has 1 unspecified atom stereocenters. The van der Waals surface area contributed by atoms with Gasteiger partial charge < -0.3 is 5.32 Å². The summed E-state index contributed by atoms with van der Waals surface area (Å²) in [4.78, 5) is 12.0. The number of nitrogens with zero attached hydrogens (tertiary/aromatic N) is 3. The molecule has 0 aromatic carbocycles. The molecular formula is C8H10N4OS. The lowest BCUT2D eigenvalue weighted by atomic mass is 10.2. The highest BCUT2D eigenvalue weighted by Gasteiger charge is 2.16. The Hall–Kier alpha value is -1.48. The largest absolute Gasteiger partial charge is 0.336 e. The molecular weight excluding hydrogens is 200 g/mol. The fraction of sp³-hybridized carbons (Fsp3) is 0.500. The molecule has 0 bridgehead atoms. The van der Waals surface area contributed by atoms with Crippen LogP contribution in [0.15, 0.2) is 0 Å². The highest BCUT2D eigenvalue weighted by molar-refractivity contribution is 7.08. The number of nitrogens with one attached hydrogen (secondary N) is 1. The third-order valence-corrected chi connectivity index (χ3v) is 2.41. The van der Waals surface area contributed by atoms with Crippen molar-refractivity contribution in [3.63, 3.8) is 0 Å². The normalized spacial score (nSPS) is 11.8. The van der Waals surface area contributed by atoms with Crippen molar-refractivity contribution in [1.82, 2.24) is 14.9 Å². The summed E-state index contributed by atoms with van der Waals surface area (Å²) in [5.41, 5.74) is 0.678. The van der Waals surface area contributed by atoms with Crippen LogP contribution in [-0.2, 0) is 6.42 Å². The van der Waals surface area contributed by atoms with Crippen LogP contribution < -0.4 is 5.32 Å². The van der Waals surface area contributed by atoms with Crippen LogP contribution in [0.3, 0.4) is 0 Å². The third kappa shape index (κ3) is 2.26. The van der Waals surface area contributed by atoms with Gasteiger partial charge in [0.15, 0.2) is 0 Å². The van der Waals surface area contributed by atoms with Crippen molar-refractivity contribution in [2.45, 2.75) is 26.3 Å². The minimum absolute atomic E-state index is 0.272. The van der Waals surface area contributed by atoms with E-state index in [0.717, 1.165) is 11.5 Å². The topological polar surface area (TPSA) is 78.7 Å². The molecule has 1 aromatic rings. The predicted octanol–water partition coefficient (Wildman–Crippen LogP) is 0.742. The van der Waals surface area contributed by atoms with Crippen LogP contribution in [0.25, 0.3) is 0 Å². The van der Waals surface area contributed by atoms with Gasteiger partial charge in [0.2, 0.25) is 0 Å². The van der Waals surface area contributed by atoms with Crippen molar-refractivity contribution in [3.8, 4) is 6.07 Å². The molecule has 0 aliphatic carbocycles. The van der Waals surface area contributed by atoms with E-state index in [-0.39, 0.29) is 5.91 Å². The molecule has 1 N–H and O–H groups in total. The van der Waals surface area contributed by atoms with Crippen molar-refractivity contribution >= 4 is 17.4 Å². The highest BCUT2D eigenvalue weighted by Crippen LogP contribution is 2.10. The zero-order valence-electron chi connectivity index (χ0n) is 7.94. The van der Waals surface area contributed by atoms with Gasteiger partial charge in [-0.05, 0) is 24.9 Å². The fourth-order valence-corrected chi connectivity index (χ4v) is 1.56. The molecule has 1 aromatic heterocycles. The molecule has 1 rings (SSSR count). The van der Waals surface area contributed by atoms with Crippen molar-refractivity contribution < 1.29 is 4.79 Å². The van der Waals surface area contributed by atoms with E-state index in [2.05, 4.69) is 14.9 Å². The standard InChI is InChI=1S/C8H10N4OS/c1-3-6-7(14-12-11-6)8(13)10-5(2)4-9/h5H,3H2,1-2H3,(H,10,13). The average molecular weight is 210 g/mol. The Balaban J connectivity index is 2.75. The van der Waals surface area contributed by atoms with Crippen LogP contribution in [0.2, 0.25) is 0 Å². The number of amides is 1. The first-order valence-electron chi connectivity index (χ1n) is 4.20. The summed E-state index contributed by atoms with van der Waals surface area (Å²) >= 11 is 1.05. The number of nitriles is 1. The molecule has 14 heavy (non-hydrogen) atoms. The number of aryl methyl sites for hydroxylation is 1. The average Bonchev–Trinajstić information content (AvgIpc) is 2.65. The van der Waals surface area contributed by atoms with Gasteiger partial charge in [0.05, 0.1) is 11.8 Å². The van der Waals surface area contributed by atoms with Gasteiger partial charge in [0.1, 0.15) is 10.9 Å². The fourth-order valence-electron chi connectivity index (χ4n) is 0.907. The lowest BCUT2D eigenvalue weighted by Crippen LogP contribution is -2.31. The Morgan fingerprint density at radius 2 is 2.50 bits per heavy atom. The molecule has 6 heteroatoms. The van der Waals surface area contributed by atoms with Crippen LogP contribution in [0.4, 0.5) is 0 Å². The van der Waals surface area contributed by atoms with E-state index in [1.165, 1.54) is 0 Å². The Morgan fingerprint density at radius 1 is 1.79 bits per heavy atom. The molecule has 74 valence electrons. The first kappa shape index (κ1) is 10.6. The van der Waals surface area contributed by atoms with Gasteiger partial charge in [-0.1, -0.05) is 11.4 Å². The first-order chi connectivity index (χ1) is 6.69.